The molecule has 2 nitrogen and oxygen atoms in total. The van der Waals surface area contributed by atoms with E-state index in [9.17, 15) is 0 Å². The summed E-state index contributed by atoms with van der Waals surface area (Å²) >= 11 is 0. The molecule has 0 heterocycles. The third kappa shape index (κ3) is 5.61. The van der Waals surface area contributed by atoms with Crippen LogP contribution in [-0.2, 0) is 4.74 Å². The average molecular weight is 199 g/mol. The maximum atomic E-state index is 5.45. The van der Waals surface area contributed by atoms with E-state index >= 15 is 0 Å². The SMILES string of the molecule is CC(C)OCCNCCC1CCCC1. The van der Waals surface area contributed by atoms with Crippen LogP contribution >= 0.6 is 0 Å². The highest BCUT2D eigenvalue weighted by atomic mass is 16.5. The minimum absolute atomic E-state index is 0.367. The molecule has 0 atom stereocenters. The van der Waals surface area contributed by atoms with Gasteiger partial charge in [0.2, 0.25) is 0 Å². The van der Waals surface area contributed by atoms with Gasteiger partial charge >= 0.3 is 0 Å². The van der Waals surface area contributed by atoms with Crippen LogP contribution in [0.5, 0.6) is 0 Å². The van der Waals surface area contributed by atoms with Crippen molar-refractivity contribution in [3.8, 4) is 0 Å². The third-order valence-corrected chi connectivity index (χ3v) is 2.93. The van der Waals surface area contributed by atoms with Gasteiger partial charge in [-0.1, -0.05) is 25.7 Å². The summed E-state index contributed by atoms with van der Waals surface area (Å²) in [4.78, 5) is 0. The minimum atomic E-state index is 0.367. The van der Waals surface area contributed by atoms with E-state index < -0.39 is 0 Å². The molecule has 0 amide bonds. The van der Waals surface area contributed by atoms with E-state index in [1.807, 2.05) is 0 Å². The highest BCUT2D eigenvalue weighted by Crippen LogP contribution is 2.26. The summed E-state index contributed by atoms with van der Waals surface area (Å²) in [6.07, 6.45) is 7.57. The van der Waals surface area contributed by atoms with Gasteiger partial charge in [0.15, 0.2) is 0 Å². The monoisotopic (exact) mass is 199 g/mol. The summed E-state index contributed by atoms with van der Waals surface area (Å²) in [5, 5.41) is 3.44. The lowest BCUT2D eigenvalue weighted by Crippen LogP contribution is -2.23. The van der Waals surface area contributed by atoms with E-state index in [-0.39, 0.29) is 0 Å². The lowest BCUT2D eigenvalue weighted by Gasteiger charge is -2.11. The maximum absolute atomic E-state index is 5.45. The summed E-state index contributed by atoms with van der Waals surface area (Å²) in [5.41, 5.74) is 0. The molecule has 0 aliphatic heterocycles. The van der Waals surface area contributed by atoms with Gasteiger partial charge in [-0.2, -0.15) is 0 Å². The van der Waals surface area contributed by atoms with E-state index in [0.29, 0.717) is 6.10 Å². The Balaban J connectivity index is 1.79. The normalized spacial score (nSPS) is 18.2. The predicted molar refractivity (Wildman–Crippen MR) is 60.5 cm³/mol. The summed E-state index contributed by atoms with van der Waals surface area (Å²) < 4.78 is 5.45. The molecule has 1 fully saturated rings. The Hall–Kier alpha value is -0.0800. The second kappa shape index (κ2) is 7.24. The smallest absolute Gasteiger partial charge is 0.0594 e. The van der Waals surface area contributed by atoms with Crippen LogP contribution in [0.4, 0.5) is 0 Å². The first-order chi connectivity index (χ1) is 6.79. The Labute approximate surface area is 88.4 Å². The first-order valence-corrected chi connectivity index (χ1v) is 6.11. The summed E-state index contributed by atoms with van der Waals surface area (Å²) in [7, 11) is 0. The zero-order chi connectivity index (χ0) is 10.2. The van der Waals surface area contributed by atoms with Crippen molar-refractivity contribution in [1.29, 1.82) is 0 Å². The Morgan fingerprint density at radius 3 is 2.57 bits per heavy atom. The average Bonchev–Trinajstić information content (AvgIpc) is 2.63. The van der Waals surface area contributed by atoms with Gasteiger partial charge in [-0.3, -0.25) is 0 Å². The van der Waals surface area contributed by atoms with Gasteiger partial charge in [0, 0.05) is 6.54 Å². The zero-order valence-electron chi connectivity index (χ0n) is 9.72. The predicted octanol–water partition coefficient (Wildman–Crippen LogP) is 2.58. The zero-order valence-corrected chi connectivity index (χ0v) is 9.72. The molecular weight excluding hydrogens is 174 g/mol. The summed E-state index contributed by atoms with van der Waals surface area (Å²) in [6.45, 7) is 7.19. The molecule has 0 saturated heterocycles. The molecule has 0 aromatic carbocycles. The number of rotatable bonds is 7. The van der Waals surface area contributed by atoms with Gasteiger partial charge in [-0.15, -0.1) is 0 Å². The van der Waals surface area contributed by atoms with Crippen molar-refractivity contribution in [3.05, 3.63) is 0 Å². The Morgan fingerprint density at radius 1 is 1.21 bits per heavy atom. The first kappa shape index (κ1) is 12.0. The fourth-order valence-corrected chi connectivity index (χ4v) is 2.10. The summed E-state index contributed by atoms with van der Waals surface area (Å²) in [5.74, 6) is 1.01. The summed E-state index contributed by atoms with van der Waals surface area (Å²) in [6, 6.07) is 0. The minimum Gasteiger partial charge on any atom is -0.377 e. The third-order valence-electron chi connectivity index (χ3n) is 2.93. The molecule has 14 heavy (non-hydrogen) atoms. The standard InChI is InChI=1S/C12H25NO/c1-11(2)14-10-9-13-8-7-12-5-3-4-6-12/h11-13H,3-10H2,1-2H3. The van der Waals surface area contributed by atoms with Crippen LogP contribution in [0.3, 0.4) is 0 Å². The van der Waals surface area contributed by atoms with Crippen LogP contribution < -0.4 is 5.32 Å². The van der Waals surface area contributed by atoms with Crippen molar-refractivity contribution >= 4 is 0 Å². The van der Waals surface area contributed by atoms with Crippen molar-refractivity contribution in [3.63, 3.8) is 0 Å². The number of hydrogen-bond acceptors (Lipinski definition) is 2. The quantitative estimate of drug-likeness (QED) is 0.636. The second-order valence-electron chi connectivity index (χ2n) is 4.61. The molecule has 0 aromatic rings. The highest BCUT2D eigenvalue weighted by Gasteiger charge is 2.13. The van der Waals surface area contributed by atoms with Crippen LogP contribution in [0.25, 0.3) is 0 Å². The molecule has 1 saturated carbocycles. The van der Waals surface area contributed by atoms with Gasteiger partial charge in [0.1, 0.15) is 0 Å². The van der Waals surface area contributed by atoms with Gasteiger partial charge in [-0.05, 0) is 32.7 Å². The molecule has 1 N–H and O–H groups in total. The Kier molecular flexibility index (Phi) is 6.20. The number of hydrogen-bond donors (Lipinski definition) is 1. The molecule has 0 aromatic heterocycles. The van der Waals surface area contributed by atoms with E-state index in [0.717, 1.165) is 19.1 Å². The van der Waals surface area contributed by atoms with Gasteiger partial charge in [0.05, 0.1) is 12.7 Å². The Bertz CT molecular complexity index is 130. The molecule has 0 bridgehead atoms. The van der Waals surface area contributed by atoms with E-state index in [2.05, 4.69) is 19.2 Å². The van der Waals surface area contributed by atoms with Crippen LogP contribution in [-0.4, -0.2) is 25.8 Å². The molecule has 0 unspecified atom stereocenters. The van der Waals surface area contributed by atoms with Gasteiger partial charge in [-0.25, -0.2) is 0 Å². The molecule has 0 radical (unpaired) electrons. The molecule has 2 heteroatoms. The van der Waals surface area contributed by atoms with Crippen LogP contribution in [0.1, 0.15) is 46.0 Å². The molecule has 1 rings (SSSR count). The van der Waals surface area contributed by atoms with Crippen molar-refractivity contribution in [2.45, 2.75) is 52.1 Å². The van der Waals surface area contributed by atoms with Crippen molar-refractivity contribution in [2.75, 3.05) is 19.7 Å². The van der Waals surface area contributed by atoms with Crippen molar-refractivity contribution < 1.29 is 4.74 Å². The molecule has 84 valence electrons. The lowest BCUT2D eigenvalue weighted by molar-refractivity contribution is 0.0807. The van der Waals surface area contributed by atoms with Crippen molar-refractivity contribution in [1.82, 2.24) is 5.32 Å². The van der Waals surface area contributed by atoms with Crippen LogP contribution in [0.15, 0.2) is 0 Å². The topological polar surface area (TPSA) is 21.3 Å². The second-order valence-corrected chi connectivity index (χ2v) is 4.61. The number of nitrogens with one attached hydrogen (secondary N) is 1. The Morgan fingerprint density at radius 2 is 1.93 bits per heavy atom. The molecule has 0 spiro atoms. The van der Waals surface area contributed by atoms with Crippen LogP contribution in [0.2, 0.25) is 0 Å². The lowest BCUT2D eigenvalue weighted by atomic mass is 10.0. The molecular formula is C12H25NO. The van der Waals surface area contributed by atoms with Crippen LogP contribution in [0, 0.1) is 5.92 Å². The molecule has 1 aliphatic rings. The highest BCUT2D eigenvalue weighted by molar-refractivity contribution is 4.67. The first-order valence-electron chi connectivity index (χ1n) is 6.11. The maximum Gasteiger partial charge on any atom is 0.0594 e. The van der Waals surface area contributed by atoms with Gasteiger partial charge in [0.25, 0.3) is 0 Å². The van der Waals surface area contributed by atoms with Crippen molar-refractivity contribution in [2.24, 2.45) is 5.92 Å². The fraction of sp³-hybridized carbons (Fsp3) is 1.00. The van der Waals surface area contributed by atoms with Gasteiger partial charge < -0.3 is 10.1 Å². The largest absolute Gasteiger partial charge is 0.377 e. The van der Waals surface area contributed by atoms with E-state index in [1.54, 1.807) is 0 Å². The fourth-order valence-electron chi connectivity index (χ4n) is 2.10. The number of ether oxygens (including phenoxy) is 1. The van der Waals surface area contributed by atoms with E-state index in [4.69, 9.17) is 4.74 Å². The molecule has 1 aliphatic carbocycles. The van der Waals surface area contributed by atoms with E-state index in [1.165, 1.54) is 38.6 Å².